The molecule has 0 spiro atoms. The summed E-state index contributed by atoms with van der Waals surface area (Å²) in [6.45, 7) is -0.424. The van der Waals surface area contributed by atoms with Gasteiger partial charge in [0.1, 0.15) is 0 Å². The first kappa shape index (κ1) is 15.8. The lowest BCUT2D eigenvalue weighted by molar-refractivity contribution is -0.0953. The lowest BCUT2D eigenvalue weighted by atomic mass is 10.1. The van der Waals surface area contributed by atoms with Crippen LogP contribution in [-0.4, -0.2) is 39.0 Å². The zero-order valence-corrected chi connectivity index (χ0v) is 12.1. The van der Waals surface area contributed by atoms with Gasteiger partial charge in [-0.05, 0) is 30.7 Å². The van der Waals surface area contributed by atoms with E-state index in [4.69, 9.17) is 0 Å². The molecule has 1 aromatic carbocycles. The molecule has 8 heteroatoms. The van der Waals surface area contributed by atoms with Gasteiger partial charge in [0, 0.05) is 31.4 Å². The minimum atomic E-state index is -4.38. The molecule has 0 amide bonds. The Kier molecular flexibility index (Phi) is 4.29. The van der Waals surface area contributed by atoms with Crippen LogP contribution in [0.1, 0.15) is 6.42 Å². The third-order valence-corrected chi connectivity index (χ3v) is 5.20. The van der Waals surface area contributed by atoms with Crippen molar-refractivity contribution in [2.75, 3.05) is 25.5 Å². The zero-order valence-electron chi connectivity index (χ0n) is 11.3. The molecule has 0 unspecified atom stereocenters. The Morgan fingerprint density at radius 3 is 2.24 bits per heavy atom. The first-order chi connectivity index (χ1) is 9.75. The number of hydrogen-bond donors (Lipinski definition) is 1. The molecule has 0 bridgehead atoms. The van der Waals surface area contributed by atoms with Crippen LogP contribution in [0.5, 0.6) is 0 Å². The molecule has 4 nitrogen and oxygen atoms in total. The van der Waals surface area contributed by atoms with Crippen molar-refractivity contribution in [3.8, 4) is 0 Å². The molecule has 0 radical (unpaired) electrons. The Morgan fingerprint density at radius 1 is 1.19 bits per heavy atom. The quantitative estimate of drug-likeness (QED) is 0.871. The number of nitrogens with zero attached hydrogens (tertiary/aromatic N) is 1. The number of rotatable bonds is 3. The summed E-state index contributed by atoms with van der Waals surface area (Å²) < 4.78 is 63.3. The van der Waals surface area contributed by atoms with Crippen LogP contribution in [0, 0.1) is 0 Å². The second-order valence-corrected chi connectivity index (χ2v) is 6.55. The summed E-state index contributed by atoms with van der Waals surface area (Å²) in [6.07, 6.45) is -3.77. The number of halogens is 3. The molecule has 1 N–H and O–H groups in total. The largest absolute Gasteiger partial charge is 0.412 e. The van der Waals surface area contributed by atoms with Gasteiger partial charge in [-0.1, -0.05) is 6.08 Å². The van der Waals surface area contributed by atoms with Crippen LogP contribution in [0.2, 0.25) is 0 Å². The van der Waals surface area contributed by atoms with E-state index < -0.39 is 21.8 Å². The van der Waals surface area contributed by atoms with Gasteiger partial charge < -0.3 is 5.32 Å². The van der Waals surface area contributed by atoms with E-state index in [9.17, 15) is 21.6 Å². The maximum Gasteiger partial charge on any atom is 0.412 e. The lowest BCUT2D eigenvalue weighted by Gasteiger charge is -2.26. The number of alkyl halides is 3. The molecule has 0 aliphatic carbocycles. The number of sulfonamides is 1. The summed E-state index contributed by atoms with van der Waals surface area (Å²) in [5, 5.41) is 2.86. The molecular formula is C13H15F3N2O2S. The highest BCUT2D eigenvalue weighted by Gasteiger charge is 2.37. The summed E-state index contributed by atoms with van der Waals surface area (Å²) in [4.78, 5) is 0.0744. The minimum absolute atomic E-state index is 0.0744. The smallest absolute Gasteiger partial charge is 0.388 e. The highest BCUT2D eigenvalue weighted by atomic mass is 32.2. The Hall–Kier alpha value is -1.54. The summed E-state index contributed by atoms with van der Waals surface area (Å²) in [5.74, 6) is 0. The predicted molar refractivity (Wildman–Crippen MR) is 73.5 cm³/mol. The summed E-state index contributed by atoms with van der Waals surface area (Å²) in [7, 11) is -2.06. The van der Waals surface area contributed by atoms with Gasteiger partial charge in [-0.15, -0.1) is 0 Å². The van der Waals surface area contributed by atoms with Crippen LogP contribution in [0.3, 0.4) is 0 Å². The fourth-order valence-electron chi connectivity index (χ4n) is 2.07. The van der Waals surface area contributed by atoms with E-state index in [0.717, 1.165) is 16.1 Å². The number of benzene rings is 1. The van der Waals surface area contributed by atoms with Gasteiger partial charge in [-0.2, -0.15) is 17.5 Å². The molecular weight excluding hydrogens is 305 g/mol. The third-order valence-electron chi connectivity index (χ3n) is 3.32. The van der Waals surface area contributed by atoms with E-state index >= 15 is 0 Å². The average molecular weight is 320 g/mol. The van der Waals surface area contributed by atoms with Crippen molar-refractivity contribution < 1.29 is 21.6 Å². The molecule has 21 heavy (non-hydrogen) atoms. The molecule has 0 atom stereocenters. The second-order valence-electron chi connectivity index (χ2n) is 4.61. The fourth-order valence-corrected chi connectivity index (χ4v) is 3.45. The summed E-state index contributed by atoms with van der Waals surface area (Å²) in [5.41, 5.74) is 0.0892. The topological polar surface area (TPSA) is 49.4 Å². The van der Waals surface area contributed by atoms with Crippen molar-refractivity contribution in [2.24, 2.45) is 0 Å². The third kappa shape index (κ3) is 3.38. The van der Waals surface area contributed by atoms with E-state index in [1.165, 1.54) is 12.1 Å². The van der Waals surface area contributed by atoms with E-state index in [-0.39, 0.29) is 24.4 Å². The van der Waals surface area contributed by atoms with Crippen LogP contribution in [-0.2, 0) is 10.0 Å². The van der Waals surface area contributed by atoms with Crippen LogP contribution in [0.25, 0.3) is 0 Å². The first-order valence-corrected chi connectivity index (χ1v) is 7.73. The fraction of sp³-hybridized carbons (Fsp3) is 0.385. The molecule has 0 saturated carbocycles. The van der Waals surface area contributed by atoms with Crippen molar-refractivity contribution in [2.45, 2.75) is 17.5 Å². The predicted octanol–water partition coefficient (Wildman–Crippen LogP) is 2.61. The molecule has 1 heterocycles. The second kappa shape index (κ2) is 5.69. The molecule has 0 fully saturated rings. The first-order valence-electron chi connectivity index (χ1n) is 6.29. The van der Waals surface area contributed by atoms with Gasteiger partial charge in [0.05, 0.1) is 4.90 Å². The Balaban J connectivity index is 2.20. The molecule has 1 aliphatic rings. The maximum absolute atomic E-state index is 12.5. The monoisotopic (exact) mass is 320 g/mol. The Morgan fingerprint density at radius 2 is 1.81 bits per heavy atom. The van der Waals surface area contributed by atoms with Crippen molar-refractivity contribution in [3.05, 3.63) is 35.9 Å². The number of nitrogens with one attached hydrogen (secondary N) is 1. The van der Waals surface area contributed by atoms with Gasteiger partial charge in [-0.25, -0.2) is 8.42 Å². The molecule has 1 aromatic rings. The summed E-state index contributed by atoms with van der Waals surface area (Å²) in [6, 6.07) is 6.08. The Bertz CT molecular complexity index is 636. The van der Waals surface area contributed by atoms with Crippen molar-refractivity contribution in [3.63, 3.8) is 0 Å². The van der Waals surface area contributed by atoms with Crippen molar-refractivity contribution in [1.82, 2.24) is 4.31 Å². The number of hydrogen-bond acceptors (Lipinski definition) is 3. The highest BCUT2D eigenvalue weighted by molar-refractivity contribution is 7.89. The standard InChI is InChI=1S/C13H15F3N2O2S/c1-17-11-2-4-12(5-3-11)21(19,20)18-8-6-10(7-9-18)13(14,15)16/h2-6,17H,7-9H2,1H3. The van der Waals surface area contributed by atoms with E-state index in [1.807, 2.05) is 0 Å². The Labute approximate surface area is 121 Å². The van der Waals surface area contributed by atoms with Gasteiger partial charge >= 0.3 is 6.18 Å². The SMILES string of the molecule is CNc1ccc(S(=O)(=O)N2CC=C(C(F)(F)F)CC2)cc1. The van der Waals surface area contributed by atoms with Gasteiger partial charge in [-0.3, -0.25) is 0 Å². The number of anilines is 1. The average Bonchev–Trinajstić information content (AvgIpc) is 2.46. The summed E-state index contributed by atoms with van der Waals surface area (Å²) >= 11 is 0. The lowest BCUT2D eigenvalue weighted by Crippen LogP contribution is -2.36. The molecule has 116 valence electrons. The normalized spacial score (nSPS) is 17.4. The van der Waals surface area contributed by atoms with E-state index in [2.05, 4.69) is 5.32 Å². The van der Waals surface area contributed by atoms with Crippen molar-refractivity contribution in [1.29, 1.82) is 0 Å². The van der Waals surface area contributed by atoms with Gasteiger partial charge in [0.25, 0.3) is 0 Å². The molecule has 1 aliphatic heterocycles. The zero-order chi connectivity index (χ0) is 15.7. The van der Waals surface area contributed by atoms with Crippen LogP contribution >= 0.6 is 0 Å². The van der Waals surface area contributed by atoms with Gasteiger partial charge in [0.15, 0.2) is 0 Å². The molecule has 2 rings (SSSR count). The van der Waals surface area contributed by atoms with Gasteiger partial charge in [0.2, 0.25) is 10.0 Å². The van der Waals surface area contributed by atoms with Crippen LogP contribution in [0.15, 0.2) is 40.8 Å². The maximum atomic E-state index is 12.5. The van der Waals surface area contributed by atoms with E-state index in [1.54, 1.807) is 19.2 Å². The highest BCUT2D eigenvalue weighted by Crippen LogP contribution is 2.31. The van der Waals surface area contributed by atoms with Crippen LogP contribution in [0.4, 0.5) is 18.9 Å². The van der Waals surface area contributed by atoms with Crippen molar-refractivity contribution >= 4 is 15.7 Å². The molecule has 0 aromatic heterocycles. The van der Waals surface area contributed by atoms with Crippen LogP contribution < -0.4 is 5.32 Å². The molecule has 0 saturated heterocycles. The minimum Gasteiger partial charge on any atom is -0.388 e. The van der Waals surface area contributed by atoms with E-state index in [0.29, 0.717) is 0 Å².